The lowest BCUT2D eigenvalue weighted by Crippen LogP contribution is -2.22. The van der Waals surface area contributed by atoms with E-state index in [1.807, 2.05) is 59.3 Å². The standard InChI is InChI=1S/C20H11NO2S2/c22-19-17(13-9-24-15-7-3-1-5-11(13)15)18(20(23)21-19)14-10-25-16-8-4-2-6-12(14)16/h1-10H,(H,21,22,23). The fraction of sp³-hybridized carbons (Fsp3) is 0. The molecular weight excluding hydrogens is 350 g/mol. The van der Waals surface area contributed by atoms with Crippen LogP contribution in [0.15, 0.2) is 59.3 Å². The third-order valence-electron chi connectivity index (χ3n) is 4.43. The first kappa shape index (κ1) is 14.6. The highest BCUT2D eigenvalue weighted by molar-refractivity contribution is 7.18. The van der Waals surface area contributed by atoms with Crippen LogP contribution in [0.3, 0.4) is 0 Å². The van der Waals surface area contributed by atoms with Crippen molar-refractivity contribution < 1.29 is 9.59 Å². The molecule has 3 heterocycles. The van der Waals surface area contributed by atoms with Crippen LogP contribution in [0.5, 0.6) is 0 Å². The predicted molar refractivity (Wildman–Crippen MR) is 104 cm³/mol. The lowest BCUT2D eigenvalue weighted by atomic mass is 9.95. The number of fused-ring (bicyclic) bond motifs is 2. The van der Waals surface area contributed by atoms with Gasteiger partial charge in [-0.15, -0.1) is 22.7 Å². The van der Waals surface area contributed by atoms with Gasteiger partial charge in [0, 0.05) is 42.1 Å². The van der Waals surface area contributed by atoms with Crippen LogP contribution in [-0.2, 0) is 9.59 Å². The molecule has 0 spiro atoms. The third-order valence-corrected chi connectivity index (χ3v) is 6.36. The molecule has 0 radical (unpaired) electrons. The van der Waals surface area contributed by atoms with Crippen LogP contribution in [0, 0.1) is 0 Å². The van der Waals surface area contributed by atoms with Crippen molar-refractivity contribution >= 4 is 65.8 Å². The van der Waals surface area contributed by atoms with E-state index in [0.717, 1.165) is 31.3 Å². The number of amides is 2. The Hall–Kier alpha value is -2.76. The number of carbonyl (C=O) groups is 2. The highest BCUT2D eigenvalue weighted by atomic mass is 32.1. The fourth-order valence-electron chi connectivity index (χ4n) is 3.31. The molecule has 0 aliphatic carbocycles. The van der Waals surface area contributed by atoms with E-state index in [0.29, 0.717) is 11.1 Å². The molecule has 1 N–H and O–H groups in total. The molecule has 25 heavy (non-hydrogen) atoms. The van der Waals surface area contributed by atoms with E-state index in [1.54, 1.807) is 22.7 Å². The van der Waals surface area contributed by atoms with Crippen LogP contribution < -0.4 is 5.32 Å². The lowest BCUT2D eigenvalue weighted by molar-refractivity contribution is -0.122. The van der Waals surface area contributed by atoms with Crippen molar-refractivity contribution in [2.75, 3.05) is 0 Å². The van der Waals surface area contributed by atoms with Crippen molar-refractivity contribution in [2.24, 2.45) is 0 Å². The second-order valence-electron chi connectivity index (χ2n) is 5.82. The topological polar surface area (TPSA) is 46.2 Å². The molecule has 5 rings (SSSR count). The Balaban J connectivity index is 1.85. The van der Waals surface area contributed by atoms with Gasteiger partial charge in [-0.2, -0.15) is 0 Å². The van der Waals surface area contributed by atoms with Gasteiger partial charge in [0.15, 0.2) is 0 Å². The molecular formula is C20H11NO2S2. The Kier molecular flexibility index (Phi) is 3.13. The van der Waals surface area contributed by atoms with Crippen molar-refractivity contribution in [1.82, 2.24) is 5.32 Å². The molecule has 0 atom stereocenters. The monoisotopic (exact) mass is 361 g/mol. The van der Waals surface area contributed by atoms with E-state index in [-0.39, 0.29) is 11.8 Å². The smallest absolute Gasteiger partial charge is 0.259 e. The number of rotatable bonds is 2. The van der Waals surface area contributed by atoms with Crippen LogP contribution in [0.4, 0.5) is 0 Å². The van der Waals surface area contributed by atoms with E-state index < -0.39 is 0 Å². The van der Waals surface area contributed by atoms with Gasteiger partial charge in [0.05, 0.1) is 11.1 Å². The lowest BCUT2D eigenvalue weighted by Gasteiger charge is -2.03. The van der Waals surface area contributed by atoms with Gasteiger partial charge in [0.25, 0.3) is 11.8 Å². The van der Waals surface area contributed by atoms with Crippen molar-refractivity contribution in [3.8, 4) is 0 Å². The fourth-order valence-corrected chi connectivity index (χ4v) is 5.22. The van der Waals surface area contributed by atoms with Crippen LogP contribution >= 0.6 is 22.7 Å². The summed E-state index contributed by atoms with van der Waals surface area (Å²) in [6.07, 6.45) is 0. The Morgan fingerprint density at radius 2 is 1.08 bits per heavy atom. The predicted octanol–water partition coefficient (Wildman–Crippen LogP) is 4.68. The number of nitrogens with one attached hydrogen (secondary N) is 1. The highest BCUT2D eigenvalue weighted by Crippen LogP contribution is 2.40. The zero-order valence-electron chi connectivity index (χ0n) is 12.9. The SMILES string of the molecule is O=C1NC(=O)C(c2csc3ccccc23)=C1c1csc2ccccc12. The normalized spacial score (nSPS) is 14.7. The molecule has 1 aliphatic rings. The Labute approximate surface area is 151 Å². The van der Waals surface area contributed by atoms with Crippen LogP contribution in [0.2, 0.25) is 0 Å². The Morgan fingerprint density at radius 3 is 1.56 bits per heavy atom. The molecule has 1 aliphatic heterocycles. The molecule has 2 amide bonds. The summed E-state index contributed by atoms with van der Waals surface area (Å²) in [6, 6.07) is 15.9. The molecule has 0 saturated heterocycles. The van der Waals surface area contributed by atoms with Crippen molar-refractivity contribution in [2.45, 2.75) is 0 Å². The van der Waals surface area contributed by atoms with Gasteiger partial charge in [0.1, 0.15) is 0 Å². The average Bonchev–Trinajstić information content (AvgIpc) is 3.30. The minimum absolute atomic E-state index is 0.321. The van der Waals surface area contributed by atoms with Gasteiger partial charge >= 0.3 is 0 Å². The van der Waals surface area contributed by atoms with Gasteiger partial charge in [0.2, 0.25) is 0 Å². The summed E-state index contributed by atoms with van der Waals surface area (Å²) in [7, 11) is 0. The second kappa shape index (κ2) is 5.37. The third kappa shape index (κ3) is 2.10. The number of hydrogen-bond acceptors (Lipinski definition) is 4. The second-order valence-corrected chi connectivity index (χ2v) is 7.65. The minimum atomic E-state index is -0.321. The molecule has 2 aromatic heterocycles. The zero-order valence-corrected chi connectivity index (χ0v) is 14.5. The summed E-state index contributed by atoms with van der Waals surface area (Å²) >= 11 is 3.17. The zero-order chi connectivity index (χ0) is 17.0. The summed E-state index contributed by atoms with van der Waals surface area (Å²) in [5, 5.41) is 8.42. The number of carbonyl (C=O) groups excluding carboxylic acids is 2. The maximum absolute atomic E-state index is 12.6. The number of imide groups is 1. The summed E-state index contributed by atoms with van der Waals surface area (Å²) in [5.41, 5.74) is 2.61. The number of benzene rings is 2. The molecule has 4 aromatic rings. The van der Waals surface area contributed by atoms with Crippen LogP contribution in [-0.4, -0.2) is 11.8 Å². The molecule has 0 fully saturated rings. The molecule has 2 aromatic carbocycles. The molecule has 3 nitrogen and oxygen atoms in total. The van der Waals surface area contributed by atoms with Crippen molar-refractivity contribution in [3.05, 3.63) is 70.4 Å². The first-order valence-corrected chi connectivity index (χ1v) is 9.53. The van der Waals surface area contributed by atoms with E-state index in [2.05, 4.69) is 5.32 Å². The average molecular weight is 361 g/mol. The Morgan fingerprint density at radius 1 is 0.640 bits per heavy atom. The van der Waals surface area contributed by atoms with E-state index in [1.165, 1.54) is 0 Å². The highest BCUT2D eigenvalue weighted by Gasteiger charge is 2.34. The van der Waals surface area contributed by atoms with Gasteiger partial charge < -0.3 is 0 Å². The van der Waals surface area contributed by atoms with E-state index in [4.69, 9.17) is 0 Å². The summed E-state index contributed by atoms with van der Waals surface area (Å²) in [6.45, 7) is 0. The minimum Gasteiger partial charge on any atom is -0.288 e. The molecule has 0 saturated carbocycles. The first-order chi connectivity index (χ1) is 12.2. The van der Waals surface area contributed by atoms with Gasteiger partial charge in [-0.3, -0.25) is 14.9 Å². The molecule has 5 heteroatoms. The summed E-state index contributed by atoms with van der Waals surface area (Å²) in [4.78, 5) is 25.2. The number of thiophene rings is 2. The molecule has 0 bridgehead atoms. The maximum atomic E-state index is 12.6. The van der Waals surface area contributed by atoms with E-state index in [9.17, 15) is 9.59 Å². The van der Waals surface area contributed by atoms with Gasteiger partial charge in [-0.25, -0.2) is 0 Å². The number of hydrogen-bond donors (Lipinski definition) is 1. The van der Waals surface area contributed by atoms with E-state index >= 15 is 0 Å². The molecule has 120 valence electrons. The van der Waals surface area contributed by atoms with Crippen LogP contribution in [0.1, 0.15) is 11.1 Å². The summed E-state index contributed by atoms with van der Waals surface area (Å²) < 4.78 is 2.21. The van der Waals surface area contributed by atoms with Crippen molar-refractivity contribution in [3.63, 3.8) is 0 Å². The quantitative estimate of drug-likeness (QED) is 0.527. The van der Waals surface area contributed by atoms with Crippen LogP contribution in [0.25, 0.3) is 31.3 Å². The first-order valence-electron chi connectivity index (χ1n) is 7.77. The van der Waals surface area contributed by atoms with Gasteiger partial charge in [-0.05, 0) is 12.1 Å². The Bertz CT molecular complexity index is 1120. The molecule has 0 unspecified atom stereocenters. The van der Waals surface area contributed by atoms with Crippen molar-refractivity contribution in [1.29, 1.82) is 0 Å². The largest absolute Gasteiger partial charge is 0.288 e. The summed E-state index contributed by atoms with van der Waals surface area (Å²) in [5.74, 6) is -0.641. The van der Waals surface area contributed by atoms with Gasteiger partial charge in [-0.1, -0.05) is 36.4 Å². The maximum Gasteiger partial charge on any atom is 0.259 e.